The third-order valence-corrected chi connectivity index (χ3v) is 3.99. The Morgan fingerprint density at radius 1 is 1.43 bits per heavy atom. The molecular formula is C15H18FN3O4. The van der Waals surface area contributed by atoms with Crippen molar-refractivity contribution in [2.45, 2.75) is 20.3 Å². The molecule has 0 spiro atoms. The van der Waals surface area contributed by atoms with Gasteiger partial charge in [-0.05, 0) is 26.0 Å². The van der Waals surface area contributed by atoms with Crippen LogP contribution in [0.4, 0.5) is 15.8 Å². The average Bonchev–Trinajstić information content (AvgIpc) is 2.90. The van der Waals surface area contributed by atoms with Crippen molar-refractivity contribution >= 4 is 23.2 Å². The fourth-order valence-electron chi connectivity index (χ4n) is 2.72. The molecule has 1 saturated heterocycles. The molecule has 0 bridgehead atoms. The molecule has 1 aliphatic heterocycles. The molecule has 1 heterocycles. The zero-order valence-electron chi connectivity index (χ0n) is 13.0. The molecule has 1 unspecified atom stereocenters. The Balaban J connectivity index is 2.22. The average molecular weight is 323 g/mol. The lowest BCUT2D eigenvalue weighted by Gasteiger charge is -2.22. The fraction of sp³-hybridized carbons (Fsp3) is 0.467. The van der Waals surface area contributed by atoms with Gasteiger partial charge in [0.1, 0.15) is 0 Å². The monoisotopic (exact) mass is 323 g/mol. The van der Waals surface area contributed by atoms with Crippen LogP contribution < -0.4 is 4.90 Å². The van der Waals surface area contributed by atoms with E-state index in [-0.39, 0.29) is 30.5 Å². The van der Waals surface area contributed by atoms with Gasteiger partial charge in [-0.15, -0.1) is 0 Å². The first kappa shape index (κ1) is 16.9. The number of nitro groups is 1. The van der Waals surface area contributed by atoms with E-state index >= 15 is 0 Å². The van der Waals surface area contributed by atoms with Crippen molar-refractivity contribution in [2.75, 3.05) is 24.5 Å². The van der Waals surface area contributed by atoms with Crippen LogP contribution in [-0.2, 0) is 9.59 Å². The molecule has 1 aromatic carbocycles. The van der Waals surface area contributed by atoms with Crippen LogP contribution in [0.3, 0.4) is 0 Å². The maximum Gasteiger partial charge on any atom is 0.306 e. The van der Waals surface area contributed by atoms with Crippen molar-refractivity contribution in [1.82, 2.24) is 4.90 Å². The Kier molecular flexibility index (Phi) is 4.92. The number of anilines is 1. The van der Waals surface area contributed by atoms with Crippen LogP contribution in [0.25, 0.3) is 0 Å². The second-order valence-corrected chi connectivity index (χ2v) is 5.31. The Morgan fingerprint density at radius 3 is 2.65 bits per heavy atom. The number of benzene rings is 1. The van der Waals surface area contributed by atoms with Gasteiger partial charge in [0, 0.05) is 32.1 Å². The van der Waals surface area contributed by atoms with Crippen LogP contribution in [0.2, 0.25) is 0 Å². The van der Waals surface area contributed by atoms with Crippen molar-refractivity contribution in [3.8, 4) is 0 Å². The maximum atomic E-state index is 13.4. The summed E-state index contributed by atoms with van der Waals surface area (Å²) in [4.78, 5) is 37.4. The third-order valence-electron chi connectivity index (χ3n) is 3.99. The number of hydrogen-bond acceptors (Lipinski definition) is 4. The highest BCUT2D eigenvalue weighted by Gasteiger charge is 2.37. The van der Waals surface area contributed by atoms with Crippen molar-refractivity contribution in [3.05, 3.63) is 34.1 Å². The summed E-state index contributed by atoms with van der Waals surface area (Å²) in [7, 11) is 0. The molecule has 0 aliphatic carbocycles. The molecule has 23 heavy (non-hydrogen) atoms. The van der Waals surface area contributed by atoms with Gasteiger partial charge in [0.2, 0.25) is 17.6 Å². The number of nitrogens with zero attached hydrogens (tertiary/aromatic N) is 3. The highest BCUT2D eigenvalue weighted by Crippen LogP contribution is 2.30. The van der Waals surface area contributed by atoms with E-state index in [4.69, 9.17) is 0 Å². The fourth-order valence-corrected chi connectivity index (χ4v) is 2.72. The normalized spacial score (nSPS) is 17.4. The Hall–Kier alpha value is -2.51. The predicted molar refractivity (Wildman–Crippen MR) is 81.4 cm³/mol. The molecule has 2 rings (SSSR count). The van der Waals surface area contributed by atoms with E-state index in [2.05, 4.69) is 0 Å². The predicted octanol–water partition coefficient (Wildman–Crippen LogP) is 1.96. The van der Waals surface area contributed by atoms with Crippen molar-refractivity contribution in [3.63, 3.8) is 0 Å². The molecule has 0 saturated carbocycles. The van der Waals surface area contributed by atoms with E-state index in [1.165, 1.54) is 11.0 Å². The van der Waals surface area contributed by atoms with E-state index in [1.54, 1.807) is 4.90 Å². The Bertz CT molecular complexity index is 646. The first-order chi connectivity index (χ1) is 10.9. The molecule has 2 amide bonds. The Labute approximate surface area is 132 Å². The van der Waals surface area contributed by atoms with Crippen LogP contribution in [0.1, 0.15) is 20.3 Å². The first-order valence-corrected chi connectivity index (χ1v) is 7.42. The topological polar surface area (TPSA) is 83.8 Å². The SMILES string of the molecule is CCN(CC)C(=O)C1CC(=O)N(c2ccc(F)c([N+](=O)[O-])c2)C1. The molecule has 1 aliphatic rings. The summed E-state index contributed by atoms with van der Waals surface area (Å²) in [5.41, 5.74) is -0.452. The number of carbonyl (C=O) groups is 2. The minimum Gasteiger partial charge on any atom is -0.343 e. The maximum absolute atomic E-state index is 13.4. The van der Waals surface area contributed by atoms with Crippen molar-refractivity contribution < 1.29 is 18.9 Å². The lowest BCUT2D eigenvalue weighted by molar-refractivity contribution is -0.387. The van der Waals surface area contributed by atoms with Gasteiger partial charge >= 0.3 is 5.69 Å². The van der Waals surface area contributed by atoms with Crippen LogP contribution in [0, 0.1) is 21.8 Å². The summed E-state index contributed by atoms with van der Waals surface area (Å²) < 4.78 is 13.4. The summed E-state index contributed by atoms with van der Waals surface area (Å²) in [6, 6.07) is 3.29. The zero-order chi connectivity index (χ0) is 17.1. The molecular weight excluding hydrogens is 305 g/mol. The summed E-state index contributed by atoms with van der Waals surface area (Å²) in [6.07, 6.45) is 0.0561. The molecule has 1 fully saturated rings. The summed E-state index contributed by atoms with van der Waals surface area (Å²) in [5, 5.41) is 10.8. The highest BCUT2D eigenvalue weighted by atomic mass is 19.1. The molecule has 0 aromatic heterocycles. The van der Waals surface area contributed by atoms with Crippen LogP contribution in [0.5, 0.6) is 0 Å². The van der Waals surface area contributed by atoms with Crippen molar-refractivity contribution in [2.24, 2.45) is 5.92 Å². The van der Waals surface area contributed by atoms with E-state index in [0.717, 1.165) is 12.1 Å². The number of amides is 2. The molecule has 0 N–H and O–H groups in total. The van der Waals surface area contributed by atoms with Gasteiger partial charge in [0.25, 0.3) is 0 Å². The molecule has 1 aromatic rings. The van der Waals surface area contributed by atoms with Gasteiger partial charge in [-0.25, -0.2) is 0 Å². The third kappa shape index (κ3) is 3.30. The van der Waals surface area contributed by atoms with Crippen LogP contribution >= 0.6 is 0 Å². The first-order valence-electron chi connectivity index (χ1n) is 7.42. The van der Waals surface area contributed by atoms with E-state index in [0.29, 0.717) is 13.1 Å². The minimum absolute atomic E-state index is 0.0561. The molecule has 1 atom stereocenters. The summed E-state index contributed by atoms with van der Waals surface area (Å²) in [5.74, 6) is -1.84. The Morgan fingerprint density at radius 2 is 2.09 bits per heavy atom. The summed E-state index contributed by atoms with van der Waals surface area (Å²) in [6.45, 7) is 4.99. The second kappa shape index (κ2) is 6.72. The summed E-state index contributed by atoms with van der Waals surface area (Å²) >= 11 is 0. The van der Waals surface area contributed by atoms with Crippen LogP contribution in [-0.4, -0.2) is 41.3 Å². The molecule has 0 radical (unpaired) electrons. The van der Waals surface area contributed by atoms with Gasteiger partial charge in [-0.1, -0.05) is 0 Å². The van der Waals surface area contributed by atoms with Gasteiger partial charge in [-0.2, -0.15) is 4.39 Å². The second-order valence-electron chi connectivity index (χ2n) is 5.31. The number of halogens is 1. The number of rotatable bonds is 5. The van der Waals surface area contributed by atoms with Gasteiger partial charge in [0.15, 0.2) is 0 Å². The van der Waals surface area contributed by atoms with E-state index in [1.807, 2.05) is 13.8 Å². The van der Waals surface area contributed by atoms with Crippen LogP contribution in [0.15, 0.2) is 18.2 Å². The quantitative estimate of drug-likeness (QED) is 0.612. The number of hydrogen-bond donors (Lipinski definition) is 0. The largest absolute Gasteiger partial charge is 0.343 e. The zero-order valence-corrected chi connectivity index (χ0v) is 13.0. The van der Waals surface area contributed by atoms with Gasteiger partial charge < -0.3 is 9.80 Å². The lowest BCUT2D eigenvalue weighted by atomic mass is 10.1. The standard InChI is InChI=1S/C15H18FN3O4/c1-3-17(4-2)15(21)10-7-14(20)18(9-10)11-5-6-12(16)13(8-11)19(22)23/h5-6,8,10H,3-4,7,9H2,1-2H3. The highest BCUT2D eigenvalue weighted by molar-refractivity contribution is 6.00. The molecule has 124 valence electrons. The number of nitro benzene ring substituents is 1. The molecule has 8 heteroatoms. The van der Waals surface area contributed by atoms with Gasteiger partial charge in [0.05, 0.1) is 16.5 Å². The molecule has 7 nitrogen and oxygen atoms in total. The lowest BCUT2D eigenvalue weighted by Crippen LogP contribution is -2.37. The van der Waals surface area contributed by atoms with E-state index in [9.17, 15) is 24.1 Å². The minimum atomic E-state index is -0.957. The van der Waals surface area contributed by atoms with E-state index < -0.39 is 22.3 Å². The van der Waals surface area contributed by atoms with Crippen molar-refractivity contribution in [1.29, 1.82) is 0 Å². The van der Waals surface area contributed by atoms with Gasteiger partial charge in [-0.3, -0.25) is 19.7 Å². The smallest absolute Gasteiger partial charge is 0.306 e. The number of carbonyl (C=O) groups excluding carboxylic acids is 2.